The van der Waals surface area contributed by atoms with E-state index in [-0.39, 0.29) is 6.10 Å². The molecule has 2 rings (SSSR count). The van der Waals surface area contributed by atoms with Crippen LogP contribution < -0.4 is 5.32 Å². The van der Waals surface area contributed by atoms with Gasteiger partial charge in [-0.3, -0.25) is 0 Å². The Morgan fingerprint density at radius 1 is 0.966 bits per heavy atom. The van der Waals surface area contributed by atoms with E-state index in [1.807, 2.05) is 12.1 Å². The first-order chi connectivity index (χ1) is 13.7. The highest BCUT2D eigenvalue weighted by Gasteiger charge is 2.34. The summed E-state index contributed by atoms with van der Waals surface area (Å²) in [5.74, 6) is -1.18. The maximum atomic E-state index is 13.5. The van der Waals surface area contributed by atoms with Crippen LogP contribution in [0.25, 0.3) is 0 Å². The molecule has 0 saturated heterocycles. The molecule has 0 radical (unpaired) electrons. The van der Waals surface area contributed by atoms with Gasteiger partial charge in [0.05, 0.1) is 6.10 Å². The Balaban J connectivity index is 2.27. The summed E-state index contributed by atoms with van der Waals surface area (Å²) in [6.45, 7) is 7.24. The molecule has 2 aromatic carbocycles. The van der Waals surface area contributed by atoms with E-state index < -0.39 is 20.0 Å². The third-order valence-corrected chi connectivity index (χ3v) is 11.2. The Bertz CT molecular complexity index is 785. The summed E-state index contributed by atoms with van der Waals surface area (Å²) < 4.78 is 34.6. The van der Waals surface area contributed by atoms with Crippen molar-refractivity contribution in [3.8, 4) is 0 Å². The third kappa shape index (κ3) is 6.87. The van der Waals surface area contributed by atoms with E-state index in [4.69, 9.17) is 27.6 Å². The fourth-order valence-electron chi connectivity index (χ4n) is 3.43. The first-order valence-electron chi connectivity index (χ1n) is 9.71. The average molecular weight is 572 g/mol. The van der Waals surface area contributed by atoms with Gasteiger partial charge >= 0.3 is 0 Å². The van der Waals surface area contributed by atoms with Gasteiger partial charge in [0, 0.05) is 38.3 Å². The molecule has 0 aliphatic heterocycles. The molecule has 0 aliphatic rings. The Labute approximate surface area is 196 Å². The molecule has 1 atom stereocenters. The number of hydrogen-bond donors (Lipinski definition) is 1. The lowest BCUT2D eigenvalue weighted by molar-refractivity contribution is 0.186. The summed E-state index contributed by atoms with van der Waals surface area (Å²) in [7, 11) is -1.95. The van der Waals surface area contributed by atoms with Gasteiger partial charge in [-0.2, -0.15) is 0 Å². The maximum absolute atomic E-state index is 13.5. The summed E-state index contributed by atoms with van der Waals surface area (Å²) in [4.78, 5) is 0. The summed E-state index contributed by atoms with van der Waals surface area (Å²) >= 11 is 15.3. The van der Waals surface area contributed by atoms with Crippen LogP contribution in [-0.4, -0.2) is 14.9 Å². The number of rotatable bonds is 10. The number of benzene rings is 2. The Morgan fingerprint density at radius 3 is 1.97 bits per heavy atom. The van der Waals surface area contributed by atoms with Gasteiger partial charge in [0.2, 0.25) is 0 Å². The van der Waals surface area contributed by atoms with Gasteiger partial charge in [0.15, 0.2) is 8.32 Å². The largest absolute Gasteiger partial charge is 0.409 e. The Morgan fingerprint density at radius 2 is 1.48 bits per heavy atom. The molecule has 1 N–H and O–H groups in total. The molecule has 0 spiro atoms. The summed E-state index contributed by atoms with van der Waals surface area (Å²) in [5.41, 5.74) is 1.30. The lowest BCUT2D eigenvalue weighted by Gasteiger charge is -2.34. The van der Waals surface area contributed by atoms with Crippen LogP contribution in [0.4, 0.5) is 8.78 Å². The molecule has 0 heterocycles. The van der Waals surface area contributed by atoms with E-state index in [0.29, 0.717) is 28.7 Å². The molecule has 0 aliphatic carbocycles. The van der Waals surface area contributed by atoms with Crippen LogP contribution in [0.2, 0.25) is 28.2 Å². The van der Waals surface area contributed by atoms with E-state index in [9.17, 15) is 8.78 Å². The van der Waals surface area contributed by atoms with E-state index in [2.05, 4.69) is 48.7 Å². The minimum absolute atomic E-state index is 0.313. The van der Waals surface area contributed by atoms with Crippen LogP contribution in [0, 0.1) is 15.2 Å². The van der Waals surface area contributed by atoms with Crippen molar-refractivity contribution < 1.29 is 13.2 Å². The third-order valence-electron chi connectivity index (χ3n) is 5.27. The minimum Gasteiger partial charge on any atom is -0.409 e. The van der Waals surface area contributed by atoms with E-state index >= 15 is 0 Å². The second-order valence-corrected chi connectivity index (χ2v) is 13.8. The highest BCUT2D eigenvalue weighted by Crippen LogP contribution is 2.37. The fraction of sp³-hybridized carbons (Fsp3) is 0.429. The molecule has 8 heteroatoms. The lowest BCUT2D eigenvalue weighted by atomic mass is 10.1. The molecule has 0 saturated carbocycles. The summed E-state index contributed by atoms with van der Waals surface area (Å²) in [6.07, 6.45) is -0.336. The van der Waals surface area contributed by atoms with Gasteiger partial charge in [0.25, 0.3) is 0 Å². The van der Waals surface area contributed by atoms with Gasteiger partial charge in [0.1, 0.15) is 11.6 Å². The second-order valence-electron chi connectivity index (χ2n) is 7.04. The van der Waals surface area contributed by atoms with Gasteiger partial charge in [-0.1, -0.05) is 44.0 Å². The molecule has 0 bridgehead atoms. The minimum atomic E-state index is -1.95. The second kappa shape index (κ2) is 11.4. The smallest absolute Gasteiger partial charge is 0.192 e. The van der Waals surface area contributed by atoms with Crippen molar-refractivity contribution in [1.82, 2.24) is 5.32 Å². The molecule has 160 valence electrons. The molecule has 0 amide bonds. The van der Waals surface area contributed by atoms with Crippen molar-refractivity contribution >= 4 is 54.1 Å². The van der Waals surface area contributed by atoms with Crippen molar-refractivity contribution in [3.63, 3.8) is 0 Å². The van der Waals surface area contributed by atoms with Gasteiger partial charge in [-0.15, -0.1) is 0 Å². The maximum Gasteiger partial charge on any atom is 0.192 e. The van der Waals surface area contributed by atoms with E-state index in [0.717, 1.165) is 33.3 Å². The normalized spacial score (nSPS) is 13.0. The molecule has 2 aromatic rings. The molecule has 0 fully saturated rings. The van der Waals surface area contributed by atoms with Crippen LogP contribution in [0.15, 0.2) is 30.3 Å². The monoisotopic (exact) mass is 571 g/mol. The summed E-state index contributed by atoms with van der Waals surface area (Å²) in [5, 5.41) is 4.40. The number of hydrogen-bond acceptors (Lipinski definition) is 2. The number of nitrogens with one attached hydrogen (secondary N) is 1. The van der Waals surface area contributed by atoms with Crippen molar-refractivity contribution in [1.29, 1.82) is 0 Å². The quantitative estimate of drug-likeness (QED) is 0.233. The van der Waals surface area contributed by atoms with Crippen molar-refractivity contribution in [2.45, 2.75) is 51.6 Å². The zero-order chi connectivity index (χ0) is 21.6. The SMILES string of the molecule is CC[Si](CC)(CC)OC(CNCc1cc(F)cc(F)c1)c1c(Cl)cc(I)cc1Cl. The highest BCUT2D eigenvalue weighted by atomic mass is 127. The summed E-state index contributed by atoms with van der Waals surface area (Å²) in [6, 6.07) is 10.2. The van der Waals surface area contributed by atoms with Crippen molar-refractivity contribution in [2.24, 2.45) is 0 Å². The van der Waals surface area contributed by atoms with Gasteiger partial charge in [-0.25, -0.2) is 8.78 Å². The zero-order valence-corrected chi connectivity index (χ0v) is 21.5. The predicted octanol–water partition coefficient (Wildman–Crippen LogP) is 7.73. The van der Waals surface area contributed by atoms with Crippen LogP contribution in [0.3, 0.4) is 0 Å². The van der Waals surface area contributed by atoms with E-state index in [1.54, 1.807) is 0 Å². The van der Waals surface area contributed by atoms with Crippen LogP contribution in [-0.2, 0) is 11.0 Å². The topological polar surface area (TPSA) is 21.3 Å². The predicted molar refractivity (Wildman–Crippen MR) is 128 cm³/mol. The zero-order valence-electron chi connectivity index (χ0n) is 16.8. The lowest BCUT2D eigenvalue weighted by Crippen LogP contribution is -2.40. The van der Waals surface area contributed by atoms with Crippen molar-refractivity contribution in [2.75, 3.05) is 6.54 Å². The van der Waals surface area contributed by atoms with Crippen LogP contribution >= 0.6 is 45.8 Å². The van der Waals surface area contributed by atoms with Gasteiger partial charge in [-0.05, 0) is 70.6 Å². The van der Waals surface area contributed by atoms with Crippen molar-refractivity contribution in [3.05, 3.63) is 66.7 Å². The molecule has 2 nitrogen and oxygen atoms in total. The molecular weight excluding hydrogens is 546 g/mol. The molecular formula is C21H26Cl2F2INOSi. The standard InChI is InChI=1S/C21H26Cl2F2INOSi/c1-4-29(5-2,6-3)28-20(21-18(22)10-17(26)11-19(21)23)13-27-12-14-7-15(24)9-16(25)8-14/h7-11,20,27H,4-6,12-13H2,1-3H3. The first kappa shape index (κ1) is 25.0. The average Bonchev–Trinajstić information content (AvgIpc) is 2.64. The van der Waals surface area contributed by atoms with Gasteiger partial charge < -0.3 is 9.74 Å². The Kier molecular flexibility index (Phi) is 9.82. The molecule has 29 heavy (non-hydrogen) atoms. The highest BCUT2D eigenvalue weighted by molar-refractivity contribution is 14.1. The molecule has 1 unspecified atom stereocenters. The molecule has 0 aromatic heterocycles. The number of halogens is 5. The first-order valence-corrected chi connectivity index (χ1v) is 14.1. The van der Waals surface area contributed by atoms with Crippen LogP contribution in [0.1, 0.15) is 38.0 Å². The fourth-order valence-corrected chi connectivity index (χ4v) is 7.95. The van der Waals surface area contributed by atoms with Crippen LogP contribution in [0.5, 0.6) is 0 Å². The van der Waals surface area contributed by atoms with E-state index in [1.165, 1.54) is 12.1 Å². The Hall–Kier alpha value is -0.253.